The normalized spacial score (nSPS) is 11.0. The first-order valence-electron chi connectivity index (χ1n) is 22.9. The van der Waals surface area contributed by atoms with Crippen molar-refractivity contribution < 1.29 is 19.1 Å². The lowest BCUT2D eigenvalue weighted by Gasteiger charge is -2.05. The molecule has 0 aliphatic heterocycles. The molecule has 0 radical (unpaired) electrons. The Morgan fingerprint density at radius 3 is 0.720 bits per heavy atom. The zero-order chi connectivity index (χ0) is 36.9. The highest BCUT2D eigenvalue weighted by Gasteiger charge is 2.03. The number of ether oxygens (including phenoxy) is 2. The minimum atomic E-state index is -0.00172. The van der Waals surface area contributed by atoms with Gasteiger partial charge in [0.1, 0.15) is 0 Å². The number of rotatable bonds is 40. The zero-order valence-electron chi connectivity index (χ0n) is 34.9. The lowest BCUT2D eigenvalue weighted by molar-refractivity contribution is -0.144. The van der Waals surface area contributed by atoms with Crippen LogP contribution in [0.4, 0.5) is 0 Å². The standard InChI is InChI=1S/C24H48O2.C22H44O2/c1-3-5-7-9-11-12-13-14-15-16-17-18-20-22-24(25)26-23-21-19-10-8-6-4-2;1-3-5-7-8-9-10-11-12-13-14-15-16-17-18-19-20-22(23)24-21-6-4-2/h3-23H2,1-2H3;3-21H2,1-2H3. The Labute approximate surface area is 315 Å². The molecular formula is C46H92O4. The quantitative estimate of drug-likeness (QED) is 0.0470. The van der Waals surface area contributed by atoms with E-state index in [1.165, 1.54) is 199 Å². The fourth-order valence-corrected chi connectivity index (χ4v) is 6.47. The third-order valence-electron chi connectivity index (χ3n) is 9.99. The molecule has 4 nitrogen and oxygen atoms in total. The predicted octanol–water partition coefficient (Wildman–Crippen LogP) is 16.0. The van der Waals surface area contributed by atoms with Crippen molar-refractivity contribution in [3.05, 3.63) is 0 Å². The molecule has 0 N–H and O–H groups in total. The van der Waals surface area contributed by atoms with Gasteiger partial charge in [-0.3, -0.25) is 9.59 Å². The van der Waals surface area contributed by atoms with Crippen molar-refractivity contribution in [1.82, 2.24) is 0 Å². The van der Waals surface area contributed by atoms with Gasteiger partial charge in [-0.15, -0.1) is 0 Å². The van der Waals surface area contributed by atoms with Crippen LogP contribution in [0.25, 0.3) is 0 Å². The monoisotopic (exact) mass is 709 g/mol. The first kappa shape index (κ1) is 51.0. The third-order valence-corrected chi connectivity index (χ3v) is 9.99. The van der Waals surface area contributed by atoms with E-state index in [4.69, 9.17) is 9.47 Å². The summed E-state index contributed by atoms with van der Waals surface area (Å²) in [6.45, 7) is 10.1. The largest absolute Gasteiger partial charge is 0.466 e. The van der Waals surface area contributed by atoms with Crippen LogP contribution in [0.5, 0.6) is 0 Å². The van der Waals surface area contributed by atoms with Crippen LogP contribution in [0.1, 0.15) is 272 Å². The topological polar surface area (TPSA) is 52.6 Å². The highest BCUT2D eigenvalue weighted by molar-refractivity contribution is 5.69. The van der Waals surface area contributed by atoms with E-state index in [0.29, 0.717) is 26.1 Å². The van der Waals surface area contributed by atoms with Crippen molar-refractivity contribution in [3.8, 4) is 0 Å². The van der Waals surface area contributed by atoms with E-state index in [9.17, 15) is 9.59 Å². The minimum absolute atomic E-state index is 0.00172. The first-order chi connectivity index (χ1) is 24.6. The van der Waals surface area contributed by atoms with Gasteiger partial charge in [0.2, 0.25) is 0 Å². The zero-order valence-corrected chi connectivity index (χ0v) is 34.9. The second-order valence-corrected chi connectivity index (χ2v) is 15.3. The summed E-state index contributed by atoms with van der Waals surface area (Å²) in [4.78, 5) is 23.1. The van der Waals surface area contributed by atoms with Crippen LogP contribution in [0, 0.1) is 0 Å². The SMILES string of the molecule is CCCCCCCCCCCCCCCC(=O)OCCCCCCCC.CCCCCCCCCCCCCCCCCC(=O)OCCCC. The van der Waals surface area contributed by atoms with E-state index in [1.807, 2.05) is 0 Å². The molecule has 0 aliphatic carbocycles. The number of carbonyl (C=O) groups is 2. The minimum Gasteiger partial charge on any atom is -0.466 e. The van der Waals surface area contributed by atoms with Crippen molar-refractivity contribution >= 4 is 11.9 Å². The van der Waals surface area contributed by atoms with Gasteiger partial charge in [0.25, 0.3) is 0 Å². The molecule has 0 saturated carbocycles. The van der Waals surface area contributed by atoms with Crippen LogP contribution in [0.15, 0.2) is 0 Å². The van der Waals surface area contributed by atoms with Gasteiger partial charge in [-0.1, -0.05) is 233 Å². The number of hydrogen-bond donors (Lipinski definition) is 0. The number of unbranched alkanes of at least 4 members (excludes halogenated alkanes) is 32. The lowest BCUT2D eigenvalue weighted by atomic mass is 10.0. The molecule has 0 saturated heterocycles. The molecule has 0 aliphatic rings. The molecule has 0 bridgehead atoms. The molecule has 0 atom stereocenters. The van der Waals surface area contributed by atoms with Crippen molar-refractivity contribution in [3.63, 3.8) is 0 Å². The maximum Gasteiger partial charge on any atom is 0.305 e. The molecule has 300 valence electrons. The van der Waals surface area contributed by atoms with Crippen LogP contribution in [-0.4, -0.2) is 25.2 Å². The Bertz CT molecular complexity index is 634. The molecule has 0 spiro atoms. The molecule has 0 aromatic carbocycles. The van der Waals surface area contributed by atoms with Gasteiger partial charge in [0.05, 0.1) is 13.2 Å². The highest BCUT2D eigenvalue weighted by atomic mass is 16.5. The van der Waals surface area contributed by atoms with Crippen molar-refractivity contribution in [2.45, 2.75) is 272 Å². The average Bonchev–Trinajstić information content (AvgIpc) is 3.12. The van der Waals surface area contributed by atoms with Crippen molar-refractivity contribution in [1.29, 1.82) is 0 Å². The maximum atomic E-state index is 11.7. The second kappa shape index (κ2) is 47.9. The fraction of sp³-hybridized carbons (Fsp3) is 0.957. The molecule has 0 fully saturated rings. The van der Waals surface area contributed by atoms with E-state index in [1.54, 1.807) is 0 Å². The second-order valence-electron chi connectivity index (χ2n) is 15.3. The number of hydrogen-bond acceptors (Lipinski definition) is 4. The van der Waals surface area contributed by atoms with Crippen molar-refractivity contribution in [2.24, 2.45) is 0 Å². The van der Waals surface area contributed by atoms with E-state index in [-0.39, 0.29) is 11.9 Å². The molecule has 0 heterocycles. The summed E-state index contributed by atoms with van der Waals surface area (Å²) >= 11 is 0. The Kier molecular flexibility index (Phi) is 48.9. The summed E-state index contributed by atoms with van der Waals surface area (Å²) < 4.78 is 10.5. The van der Waals surface area contributed by atoms with Crippen LogP contribution in [0.3, 0.4) is 0 Å². The van der Waals surface area contributed by atoms with Gasteiger partial charge in [0.15, 0.2) is 0 Å². The van der Waals surface area contributed by atoms with Gasteiger partial charge >= 0.3 is 11.9 Å². The van der Waals surface area contributed by atoms with Gasteiger partial charge in [-0.05, 0) is 25.7 Å². The van der Waals surface area contributed by atoms with E-state index >= 15 is 0 Å². The first-order valence-corrected chi connectivity index (χ1v) is 22.9. The van der Waals surface area contributed by atoms with E-state index < -0.39 is 0 Å². The Hall–Kier alpha value is -1.06. The fourth-order valence-electron chi connectivity index (χ4n) is 6.47. The van der Waals surface area contributed by atoms with Crippen LogP contribution in [-0.2, 0) is 19.1 Å². The molecule has 0 amide bonds. The van der Waals surface area contributed by atoms with Crippen LogP contribution < -0.4 is 0 Å². The summed E-state index contributed by atoms with van der Waals surface area (Å²) in [5.41, 5.74) is 0. The molecule has 0 aromatic heterocycles. The molecule has 50 heavy (non-hydrogen) atoms. The molecule has 4 heteroatoms. The van der Waals surface area contributed by atoms with Gasteiger partial charge < -0.3 is 9.47 Å². The molecule has 0 aromatic rings. The summed E-state index contributed by atoms with van der Waals surface area (Å²) in [7, 11) is 0. The summed E-state index contributed by atoms with van der Waals surface area (Å²) in [5, 5.41) is 0. The highest BCUT2D eigenvalue weighted by Crippen LogP contribution is 2.15. The van der Waals surface area contributed by atoms with Gasteiger partial charge in [-0.25, -0.2) is 0 Å². The Morgan fingerprint density at radius 1 is 0.260 bits per heavy atom. The lowest BCUT2D eigenvalue weighted by Crippen LogP contribution is -2.05. The Balaban J connectivity index is 0. The van der Waals surface area contributed by atoms with Gasteiger partial charge in [0, 0.05) is 12.8 Å². The maximum absolute atomic E-state index is 11.7. The van der Waals surface area contributed by atoms with Crippen LogP contribution in [0.2, 0.25) is 0 Å². The molecular weight excluding hydrogens is 617 g/mol. The van der Waals surface area contributed by atoms with Gasteiger partial charge in [-0.2, -0.15) is 0 Å². The van der Waals surface area contributed by atoms with Crippen LogP contribution >= 0.6 is 0 Å². The molecule has 0 rings (SSSR count). The average molecular weight is 709 g/mol. The summed E-state index contributed by atoms with van der Waals surface area (Å²) in [5.74, 6) is 0.0137. The summed E-state index contributed by atoms with van der Waals surface area (Å²) in [6, 6.07) is 0. The number of carbonyl (C=O) groups excluding carboxylic acids is 2. The number of esters is 2. The predicted molar refractivity (Wildman–Crippen MR) is 220 cm³/mol. The summed E-state index contributed by atoms with van der Waals surface area (Å²) in [6.07, 6.45) is 48.6. The van der Waals surface area contributed by atoms with E-state index in [2.05, 4.69) is 27.7 Å². The smallest absolute Gasteiger partial charge is 0.305 e. The van der Waals surface area contributed by atoms with E-state index in [0.717, 1.165) is 32.1 Å². The molecule has 0 unspecified atom stereocenters. The third kappa shape index (κ3) is 49.1. The van der Waals surface area contributed by atoms with Crippen molar-refractivity contribution in [2.75, 3.05) is 13.2 Å². The Morgan fingerprint density at radius 2 is 0.460 bits per heavy atom.